The molecule has 0 spiro atoms. The van der Waals surface area contributed by atoms with E-state index in [4.69, 9.17) is 36.3 Å². The van der Waals surface area contributed by atoms with E-state index in [1.807, 2.05) is 24.3 Å². The molecule has 4 aromatic rings. The first kappa shape index (κ1) is 27.0. The zero-order valence-electron chi connectivity index (χ0n) is 20.3. The number of hydrogen-bond acceptors (Lipinski definition) is 4. The smallest absolute Gasteiger partial charge is 0.374 e. The Kier molecular flexibility index (Phi) is 7.40. The molecule has 0 aliphatic heterocycles. The molecule has 0 bridgehead atoms. The van der Waals surface area contributed by atoms with Crippen molar-refractivity contribution in [3.63, 3.8) is 0 Å². The van der Waals surface area contributed by atoms with E-state index in [-0.39, 0.29) is 44.3 Å². The monoisotopic (exact) mass is 665 g/mol. The van der Waals surface area contributed by atoms with Crippen molar-refractivity contribution in [1.29, 1.82) is 0 Å². The van der Waals surface area contributed by atoms with Crippen molar-refractivity contribution in [3.8, 4) is 11.6 Å². The molecule has 0 radical (unpaired) electrons. The van der Waals surface area contributed by atoms with Gasteiger partial charge >= 0.3 is 26.9 Å². The summed E-state index contributed by atoms with van der Waals surface area (Å²) in [6.45, 7) is 37.5. The Morgan fingerprint density at radius 2 is 1.03 bits per heavy atom. The van der Waals surface area contributed by atoms with Crippen LogP contribution in [0.3, 0.4) is 0 Å². The van der Waals surface area contributed by atoms with Crippen molar-refractivity contribution in [1.82, 2.24) is 29.1 Å². The van der Waals surface area contributed by atoms with Gasteiger partial charge in [-0.3, -0.25) is 19.1 Å². The molecule has 37 heavy (non-hydrogen) atoms. The molecule has 11 heteroatoms. The molecule has 182 valence electrons. The van der Waals surface area contributed by atoms with Gasteiger partial charge in [0, 0.05) is 22.2 Å². The van der Waals surface area contributed by atoms with Gasteiger partial charge in [0.1, 0.15) is 11.6 Å². The topological polar surface area (TPSA) is 78.9 Å². The Hall–Kier alpha value is -4.63. The van der Waals surface area contributed by atoms with Gasteiger partial charge in [-0.05, 0) is 24.3 Å². The number of pyridine rings is 2. The minimum Gasteiger partial charge on any atom is -0.374 e. The van der Waals surface area contributed by atoms with E-state index in [1.165, 1.54) is 9.13 Å². The number of aromatic nitrogens is 6. The Bertz CT molecular complexity index is 1520. The summed E-state index contributed by atoms with van der Waals surface area (Å²) in [5.74, 6) is 0.961. The summed E-state index contributed by atoms with van der Waals surface area (Å²) in [4.78, 5) is 30.8. The maximum Gasteiger partial charge on any atom is 2.00 e. The predicted octanol–water partition coefficient (Wildman–Crippen LogP) is 5.90. The molecule has 4 heterocycles. The van der Waals surface area contributed by atoms with Crippen LogP contribution in [0.1, 0.15) is 39.1 Å². The van der Waals surface area contributed by atoms with Crippen LogP contribution in [0, 0.1) is 38.9 Å². The van der Waals surface area contributed by atoms with Crippen molar-refractivity contribution in [3.05, 3.63) is 106 Å². The Balaban J connectivity index is 0.00000380. The van der Waals surface area contributed by atoms with Gasteiger partial charge in [-0.2, -0.15) is 0 Å². The number of imidazole rings is 2. The zero-order chi connectivity index (χ0) is 26.1. The zero-order valence-corrected chi connectivity index (χ0v) is 22.5. The van der Waals surface area contributed by atoms with Gasteiger partial charge in [0.05, 0.1) is 0 Å². The summed E-state index contributed by atoms with van der Waals surface area (Å²) < 4.78 is 2.78. The van der Waals surface area contributed by atoms with Gasteiger partial charge in [-0.15, -0.1) is 4.98 Å². The molecule has 4 aromatic heterocycles. The van der Waals surface area contributed by atoms with Gasteiger partial charge in [-0.25, -0.2) is 0 Å². The molecular weight excluding hydrogens is 647 g/mol. The Morgan fingerprint density at radius 3 is 1.35 bits per heavy atom. The maximum atomic E-state index is 7.44. The molecule has 0 aromatic carbocycles. The second kappa shape index (κ2) is 10.2. The summed E-state index contributed by atoms with van der Waals surface area (Å²) in [5, 5.41) is 0. The molecule has 0 N–H and O–H groups in total. The third kappa shape index (κ3) is 4.41. The van der Waals surface area contributed by atoms with Crippen LogP contribution in [-0.2, 0) is 31.9 Å². The number of hydrogen-bond donors (Lipinski definition) is 0. The van der Waals surface area contributed by atoms with E-state index in [9.17, 15) is 0 Å². The van der Waals surface area contributed by atoms with Gasteiger partial charge in [0.2, 0.25) is 5.82 Å². The van der Waals surface area contributed by atoms with Crippen LogP contribution in [0.4, 0.5) is 23.3 Å². The molecule has 0 unspecified atom stereocenters. The SMILES string of the molecule is [C-]#[N+]c1n[c-]n(-c2cccc(C(C)(C)C(C)(C)c3cccc(-n4[c-]nc([N+]#[C-])c4[N+]#[C-])n3)n2)c1[N+]#[C-].[Pt+2]. The second-order valence-electron chi connectivity index (χ2n) is 8.85. The van der Waals surface area contributed by atoms with Crippen LogP contribution in [0.25, 0.3) is 31.0 Å². The molecule has 0 fully saturated rings. The summed E-state index contributed by atoms with van der Waals surface area (Å²) in [6.07, 6.45) is 5.38. The van der Waals surface area contributed by atoms with Gasteiger partial charge in [0.25, 0.3) is 24.3 Å². The van der Waals surface area contributed by atoms with Crippen molar-refractivity contribution < 1.29 is 21.1 Å². The van der Waals surface area contributed by atoms with Crippen LogP contribution in [0.2, 0.25) is 0 Å². The second-order valence-corrected chi connectivity index (χ2v) is 8.85. The number of rotatable bonds is 5. The van der Waals surface area contributed by atoms with Crippen LogP contribution in [0.15, 0.2) is 36.4 Å². The van der Waals surface area contributed by atoms with Crippen LogP contribution in [-0.4, -0.2) is 29.1 Å². The molecule has 0 atom stereocenters. The molecule has 0 aliphatic rings. The van der Waals surface area contributed by atoms with E-state index in [0.29, 0.717) is 11.6 Å². The first-order valence-electron chi connectivity index (χ1n) is 10.7. The molecule has 0 saturated carbocycles. The van der Waals surface area contributed by atoms with Crippen LogP contribution >= 0.6 is 0 Å². The van der Waals surface area contributed by atoms with E-state index >= 15 is 0 Å². The third-order valence-electron chi connectivity index (χ3n) is 6.53. The quantitative estimate of drug-likeness (QED) is 0.249. The predicted molar refractivity (Wildman–Crippen MR) is 131 cm³/mol. The Morgan fingerprint density at radius 1 is 0.649 bits per heavy atom. The summed E-state index contributed by atoms with van der Waals surface area (Å²) in [5.41, 5.74) is 0.370. The molecule has 10 nitrogen and oxygen atoms in total. The first-order valence-corrected chi connectivity index (χ1v) is 10.7. The average Bonchev–Trinajstić information content (AvgIpc) is 3.52. The van der Waals surface area contributed by atoms with E-state index < -0.39 is 10.8 Å². The van der Waals surface area contributed by atoms with Gasteiger partial charge in [0.15, 0.2) is 0 Å². The average molecular weight is 666 g/mol. The molecule has 0 saturated heterocycles. The summed E-state index contributed by atoms with van der Waals surface area (Å²) in [6, 6.07) is 11.0. The molecule has 0 amide bonds. The molecular formula is C26H18N10Pt. The Labute approximate surface area is 229 Å². The minimum absolute atomic E-state index is 0. The van der Waals surface area contributed by atoms with E-state index in [2.05, 4.69) is 69.7 Å². The van der Waals surface area contributed by atoms with Crippen LogP contribution < -0.4 is 0 Å². The largest absolute Gasteiger partial charge is 2.00 e. The minimum atomic E-state index is -0.556. The van der Waals surface area contributed by atoms with E-state index in [1.54, 1.807) is 12.1 Å². The molecule has 4 rings (SSSR count). The van der Waals surface area contributed by atoms with Crippen LogP contribution in [0.5, 0.6) is 0 Å². The maximum absolute atomic E-state index is 7.44. The van der Waals surface area contributed by atoms with E-state index in [0.717, 1.165) is 11.4 Å². The fraction of sp³-hybridized carbons (Fsp3) is 0.231. The summed E-state index contributed by atoms with van der Waals surface area (Å²) in [7, 11) is 0. The summed E-state index contributed by atoms with van der Waals surface area (Å²) >= 11 is 0. The standard InChI is InChI=1S/C26H18N10.Pt/c1-25(2,17-11-9-13-19(33-17)35-15-31-21(27-5)23(35)29-7)26(3,4)18-12-10-14-20(34-18)36-16-32-22(28-6)24(36)30-8;/h9-14H,1-4H3;/q-2;+2. The molecule has 0 aliphatic carbocycles. The van der Waals surface area contributed by atoms with Gasteiger partial charge < -0.3 is 19.4 Å². The van der Waals surface area contributed by atoms with Crippen molar-refractivity contribution >= 4 is 23.3 Å². The fourth-order valence-corrected chi connectivity index (χ4v) is 3.69. The fourth-order valence-electron chi connectivity index (χ4n) is 3.69. The third-order valence-corrected chi connectivity index (χ3v) is 6.53. The van der Waals surface area contributed by atoms with Gasteiger partial charge in [-0.1, -0.05) is 71.1 Å². The first-order chi connectivity index (χ1) is 17.2. The normalized spacial score (nSPS) is 10.9. The van der Waals surface area contributed by atoms with Crippen molar-refractivity contribution in [2.45, 2.75) is 38.5 Å². The van der Waals surface area contributed by atoms with Crippen molar-refractivity contribution in [2.75, 3.05) is 0 Å². The van der Waals surface area contributed by atoms with Crippen molar-refractivity contribution in [2.24, 2.45) is 0 Å². The number of nitrogens with zero attached hydrogens (tertiary/aromatic N) is 10.